The predicted molar refractivity (Wildman–Crippen MR) is 61.0 cm³/mol. The Morgan fingerprint density at radius 2 is 1.38 bits per heavy atom. The van der Waals surface area contributed by atoms with Crippen LogP contribution >= 0.6 is 0 Å². The Kier molecular flexibility index (Phi) is 7.35. The van der Waals surface area contributed by atoms with Gasteiger partial charge in [0.25, 0.3) is 0 Å². The van der Waals surface area contributed by atoms with Crippen molar-refractivity contribution in [2.45, 2.75) is 72.4 Å². The van der Waals surface area contributed by atoms with E-state index in [1.165, 1.54) is 25.7 Å². The topological polar surface area (TPSA) is 12.0 Å². The number of rotatable bonds is 7. The molecule has 1 nitrogen and oxygen atoms in total. The summed E-state index contributed by atoms with van der Waals surface area (Å²) in [6, 6.07) is 1.44. The molecule has 1 heteroatoms. The zero-order chi connectivity index (χ0) is 10.3. The van der Waals surface area contributed by atoms with Gasteiger partial charge in [0.05, 0.1) is 0 Å². The lowest BCUT2D eigenvalue weighted by Crippen LogP contribution is -2.41. The molecule has 0 aliphatic carbocycles. The van der Waals surface area contributed by atoms with Crippen molar-refractivity contribution in [3.63, 3.8) is 0 Å². The van der Waals surface area contributed by atoms with E-state index in [4.69, 9.17) is 0 Å². The third-order valence-corrected chi connectivity index (χ3v) is 3.21. The molecule has 0 saturated carbocycles. The van der Waals surface area contributed by atoms with Crippen LogP contribution in [0.25, 0.3) is 0 Å². The van der Waals surface area contributed by atoms with Crippen LogP contribution < -0.4 is 5.32 Å². The van der Waals surface area contributed by atoms with Gasteiger partial charge in [0.15, 0.2) is 0 Å². The largest absolute Gasteiger partial charge is 0.311 e. The molecule has 0 radical (unpaired) electrons. The van der Waals surface area contributed by atoms with Crippen LogP contribution in [0.1, 0.15) is 60.3 Å². The standard InChI is InChI=1S/C12H27N/c1-6-10(5)12(9-4)13-11(7-2)8-3/h10-13H,6-9H2,1-5H3. The van der Waals surface area contributed by atoms with Crippen LogP contribution in [0, 0.1) is 5.92 Å². The van der Waals surface area contributed by atoms with E-state index in [1.54, 1.807) is 0 Å². The fourth-order valence-corrected chi connectivity index (χ4v) is 1.80. The highest BCUT2D eigenvalue weighted by Crippen LogP contribution is 2.12. The minimum Gasteiger partial charge on any atom is -0.311 e. The van der Waals surface area contributed by atoms with Gasteiger partial charge >= 0.3 is 0 Å². The van der Waals surface area contributed by atoms with Gasteiger partial charge in [0, 0.05) is 12.1 Å². The fraction of sp³-hybridized carbons (Fsp3) is 1.00. The van der Waals surface area contributed by atoms with Crippen LogP contribution in [0.2, 0.25) is 0 Å². The first-order valence-corrected chi connectivity index (χ1v) is 5.95. The molecule has 80 valence electrons. The highest BCUT2D eigenvalue weighted by atomic mass is 14.9. The second-order valence-electron chi connectivity index (χ2n) is 4.08. The average Bonchev–Trinajstić information content (AvgIpc) is 2.19. The minimum absolute atomic E-state index is 0.717. The van der Waals surface area contributed by atoms with E-state index in [2.05, 4.69) is 39.9 Å². The Labute approximate surface area is 84.3 Å². The Morgan fingerprint density at radius 3 is 1.69 bits per heavy atom. The third kappa shape index (κ3) is 4.66. The summed E-state index contributed by atoms with van der Waals surface area (Å²) in [6.45, 7) is 11.5. The fourth-order valence-electron chi connectivity index (χ4n) is 1.80. The summed E-state index contributed by atoms with van der Waals surface area (Å²) in [5.74, 6) is 0.811. The zero-order valence-electron chi connectivity index (χ0n) is 10.1. The van der Waals surface area contributed by atoms with E-state index in [0.717, 1.165) is 18.0 Å². The van der Waals surface area contributed by atoms with Crippen molar-refractivity contribution in [1.82, 2.24) is 5.32 Å². The van der Waals surface area contributed by atoms with E-state index in [-0.39, 0.29) is 0 Å². The molecule has 0 spiro atoms. The first-order valence-electron chi connectivity index (χ1n) is 5.95. The molecule has 0 aromatic carbocycles. The van der Waals surface area contributed by atoms with E-state index in [0.29, 0.717) is 0 Å². The van der Waals surface area contributed by atoms with E-state index in [1.807, 2.05) is 0 Å². The van der Waals surface area contributed by atoms with Gasteiger partial charge in [-0.25, -0.2) is 0 Å². The van der Waals surface area contributed by atoms with Crippen molar-refractivity contribution in [2.75, 3.05) is 0 Å². The normalized spacial score (nSPS) is 16.2. The lowest BCUT2D eigenvalue weighted by Gasteiger charge is -2.27. The maximum Gasteiger partial charge on any atom is 0.00925 e. The van der Waals surface area contributed by atoms with Gasteiger partial charge in [-0.3, -0.25) is 0 Å². The Bertz CT molecular complexity index is 108. The van der Waals surface area contributed by atoms with Gasteiger partial charge in [-0.1, -0.05) is 41.0 Å². The van der Waals surface area contributed by atoms with Gasteiger partial charge in [-0.2, -0.15) is 0 Å². The van der Waals surface area contributed by atoms with Crippen LogP contribution in [0.4, 0.5) is 0 Å². The maximum absolute atomic E-state index is 3.75. The number of hydrogen-bond donors (Lipinski definition) is 1. The van der Waals surface area contributed by atoms with Crippen molar-refractivity contribution in [1.29, 1.82) is 0 Å². The second-order valence-corrected chi connectivity index (χ2v) is 4.08. The summed E-state index contributed by atoms with van der Waals surface area (Å²) in [6.07, 6.45) is 5.05. The second kappa shape index (κ2) is 7.37. The predicted octanol–water partition coefficient (Wildman–Crippen LogP) is 3.59. The molecule has 0 aromatic rings. The molecule has 0 rings (SSSR count). The van der Waals surface area contributed by atoms with Gasteiger partial charge in [0.1, 0.15) is 0 Å². The maximum atomic E-state index is 3.75. The molecule has 0 heterocycles. The molecule has 0 saturated heterocycles. The molecule has 0 fully saturated rings. The zero-order valence-corrected chi connectivity index (χ0v) is 10.1. The molecule has 0 bridgehead atoms. The Morgan fingerprint density at radius 1 is 0.846 bits per heavy atom. The summed E-state index contributed by atoms with van der Waals surface area (Å²) in [5, 5.41) is 3.75. The molecule has 1 N–H and O–H groups in total. The number of nitrogens with one attached hydrogen (secondary N) is 1. The molecule has 0 aliphatic rings. The van der Waals surface area contributed by atoms with Crippen LogP contribution in [0.15, 0.2) is 0 Å². The van der Waals surface area contributed by atoms with Gasteiger partial charge < -0.3 is 5.32 Å². The molecular formula is C12H27N. The lowest BCUT2D eigenvalue weighted by atomic mass is 9.95. The average molecular weight is 185 g/mol. The molecule has 0 amide bonds. The summed E-state index contributed by atoms with van der Waals surface area (Å²) >= 11 is 0. The SMILES string of the molecule is CCC(CC)NC(CC)C(C)CC. The van der Waals surface area contributed by atoms with Crippen molar-refractivity contribution < 1.29 is 0 Å². The molecule has 13 heavy (non-hydrogen) atoms. The molecule has 2 atom stereocenters. The third-order valence-electron chi connectivity index (χ3n) is 3.21. The molecule has 0 aromatic heterocycles. The minimum atomic E-state index is 0.717. The monoisotopic (exact) mass is 185 g/mol. The van der Waals surface area contributed by atoms with Gasteiger partial charge in [0.2, 0.25) is 0 Å². The molecular weight excluding hydrogens is 158 g/mol. The lowest BCUT2D eigenvalue weighted by molar-refractivity contribution is 0.311. The highest BCUT2D eigenvalue weighted by molar-refractivity contribution is 4.75. The van der Waals surface area contributed by atoms with Crippen LogP contribution in [-0.4, -0.2) is 12.1 Å². The first-order chi connectivity index (χ1) is 6.19. The quantitative estimate of drug-likeness (QED) is 0.639. The van der Waals surface area contributed by atoms with Crippen molar-refractivity contribution in [3.05, 3.63) is 0 Å². The van der Waals surface area contributed by atoms with E-state index >= 15 is 0 Å². The summed E-state index contributed by atoms with van der Waals surface area (Å²) < 4.78 is 0. The van der Waals surface area contributed by atoms with Crippen molar-refractivity contribution in [2.24, 2.45) is 5.92 Å². The van der Waals surface area contributed by atoms with Crippen LogP contribution in [0.5, 0.6) is 0 Å². The van der Waals surface area contributed by atoms with Gasteiger partial charge in [-0.05, 0) is 25.2 Å². The summed E-state index contributed by atoms with van der Waals surface area (Å²) in [4.78, 5) is 0. The highest BCUT2D eigenvalue weighted by Gasteiger charge is 2.15. The first kappa shape index (κ1) is 13.0. The summed E-state index contributed by atoms with van der Waals surface area (Å²) in [7, 11) is 0. The molecule has 2 unspecified atom stereocenters. The van der Waals surface area contributed by atoms with Crippen LogP contribution in [-0.2, 0) is 0 Å². The van der Waals surface area contributed by atoms with E-state index in [9.17, 15) is 0 Å². The smallest absolute Gasteiger partial charge is 0.00925 e. The Hall–Kier alpha value is -0.0400. The van der Waals surface area contributed by atoms with Gasteiger partial charge in [-0.15, -0.1) is 0 Å². The number of hydrogen-bond acceptors (Lipinski definition) is 1. The van der Waals surface area contributed by atoms with E-state index < -0.39 is 0 Å². The molecule has 0 aliphatic heterocycles. The van der Waals surface area contributed by atoms with Crippen molar-refractivity contribution in [3.8, 4) is 0 Å². The summed E-state index contributed by atoms with van der Waals surface area (Å²) in [5.41, 5.74) is 0. The van der Waals surface area contributed by atoms with Crippen molar-refractivity contribution >= 4 is 0 Å². The Balaban J connectivity index is 3.94. The van der Waals surface area contributed by atoms with Crippen LogP contribution in [0.3, 0.4) is 0 Å².